The van der Waals surface area contributed by atoms with Crippen LogP contribution in [0.5, 0.6) is 11.5 Å². The Morgan fingerprint density at radius 3 is 2.79 bits per heavy atom. The smallest absolute Gasteiger partial charge is 0.305 e. The SMILES string of the molecule is CCNC(CC(=O)O)c1ccc2c(c1)OCCCO2. The standard InChI is InChI=1S/C14H19NO4/c1-2-15-11(9-14(16)17)10-4-5-12-13(8-10)19-7-3-6-18-12/h4-5,8,11,15H,2-3,6-7,9H2,1H3,(H,16,17). The van der Waals surface area contributed by atoms with E-state index in [0.29, 0.717) is 25.5 Å². The molecule has 1 aromatic rings. The Balaban J connectivity index is 2.22. The second-order valence-corrected chi connectivity index (χ2v) is 4.46. The molecule has 5 nitrogen and oxygen atoms in total. The number of hydrogen-bond donors (Lipinski definition) is 2. The van der Waals surface area contributed by atoms with Gasteiger partial charge in [0, 0.05) is 12.5 Å². The maximum atomic E-state index is 10.9. The van der Waals surface area contributed by atoms with Crippen molar-refractivity contribution in [2.75, 3.05) is 19.8 Å². The molecule has 0 saturated heterocycles. The minimum Gasteiger partial charge on any atom is -0.490 e. The molecule has 0 spiro atoms. The molecule has 104 valence electrons. The van der Waals surface area contributed by atoms with Crippen molar-refractivity contribution in [2.24, 2.45) is 0 Å². The number of benzene rings is 1. The number of hydrogen-bond acceptors (Lipinski definition) is 4. The van der Waals surface area contributed by atoms with Gasteiger partial charge in [-0.2, -0.15) is 0 Å². The highest BCUT2D eigenvalue weighted by atomic mass is 16.5. The molecule has 0 bridgehead atoms. The van der Waals surface area contributed by atoms with E-state index < -0.39 is 5.97 Å². The summed E-state index contributed by atoms with van der Waals surface area (Å²) >= 11 is 0. The predicted molar refractivity (Wildman–Crippen MR) is 70.7 cm³/mol. The molecule has 2 rings (SSSR count). The quantitative estimate of drug-likeness (QED) is 0.852. The van der Waals surface area contributed by atoms with Gasteiger partial charge in [-0.05, 0) is 24.2 Å². The lowest BCUT2D eigenvalue weighted by Crippen LogP contribution is -2.23. The number of fused-ring (bicyclic) bond motifs is 1. The Morgan fingerprint density at radius 1 is 1.37 bits per heavy atom. The summed E-state index contributed by atoms with van der Waals surface area (Å²) in [7, 11) is 0. The Kier molecular flexibility index (Phi) is 4.63. The number of ether oxygens (including phenoxy) is 2. The van der Waals surface area contributed by atoms with Crippen molar-refractivity contribution >= 4 is 5.97 Å². The molecule has 0 aliphatic carbocycles. The van der Waals surface area contributed by atoms with E-state index in [-0.39, 0.29) is 12.5 Å². The Morgan fingerprint density at radius 2 is 2.11 bits per heavy atom. The van der Waals surface area contributed by atoms with Crippen LogP contribution in [0.3, 0.4) is 0 Å². The molecule has 19 heavy (non-hydrogen) atoms. The number of carboxylic acids is 1. The normalized spacial score (nSPS) is 15.6. The van der Waals surface area contributed by atoms with Crippen molar-refractivity contribution in [1.29, 1.82) is 0 Å². The van der Waals surface area contributed by atoms with E-state index in [4.69, 9.17) is 14.6 Å². The minimum atomic E-state index is -0.821. The van der Waals surface area contributed by atoms with Crippen LogP contribution in [-0.2, 0) is 4.79 Å². The number of nitrogens with one attached hydrogen (secondary N) is 1. The second-order valence-electron chi connectivity index (χ2n) is 4.46. The topological polar surface area (TPSA) is 67.8 Å². The van der Waals surface area contributed by atoms with Crippen LogP contribution < -0.4 is 14.8 Å². The van der Waals surface area contributed by atoms with Crippen LogP contribution >= 0.6 is 0 Å². The van der Waals surface area contributed by atoms with Gasteiger partial charge in [-0.3, -0.25) is 4.79 Å². The van der Waals surface area contributed by atoms with Crippen molar-refractivity contribution < 1.29 is 19.4 Å². The summed E-state index contributed by atoms with van der Waals surface area (Å²) in [5.41, 5.74) is 0.911. The predicted octanol–water partition coefficient (Wildman–Crippen LogP) is 1.97. The Labute approximate surface area is 112 Å². The maximum Gasteiger partial charge on any atom is 0.305 e. The fourth-order valence-corrected chi connectivity index (χ4v) is 2.13. The monoisotopic (exact) mass is 265 g/mol. The van der Waals surface area contributed by atoms with Gasteiger partial charge in [-0.1, -0.05) is 13.0 Å². The van der Waals surface area contributed by atoms with E-state index in [9.17, 15) is 4.79 Å². The number of carbonyl (C=O) groups is 1. The highest BCUT2D eigenvalue weighted by molar-refractivity contribution is 5.68. The first-order valence-electron chi connectivity index (χ1n) is 6.55. The molecular formula is C14H19NO4. The third-order valence-electron chi connectivity index (χ3n) is 3.00. The van der Waals surface area contributed by atoms with Crippen LogP contribution in [0.4, 0.5) is 0 Å². The molecule has 0 fully saturated rings. The molecule has 1 aromatic carbocycles. The highest BCUT2D eigenvalue weighted by Gasteiger charge is 2.18. The van der Waals surface area contributed by atoms with Gasteiger partial charge in [-0.25, -0.2) is 0 Å². The van der Waals surface area contributed by atoms with E-state index in [0.717, 1.165) is 17.7 Å². The lowest BCUT2D eigenvalue weighted by molar-refractivity contribution is -0.137. The van der Waals surface area contributed by atoms with Gasteiger partial charge in [0.25, 0.3) is 0 Å². The van der Waals surface area contributed by atoms with Gasteiger partial charge in [0.05, 0.1) is 19.6 Å². The Hall–Kier alpha value is -1.75. The summed E-state index contributed by atoms with van der Waals surface area (Å²) in [5.74, 6) is 0.605. The van der Waals surface area contributed by atoms with Gasteiger partial charge < -0.3 is 19.9 Å². The second kappa shape index (κ2) is 6.43. The summed E-state index contributed by atoms with van der Waals surface area (Å²) < 4.78 is 11.2. The third kappa shape index (κ3) is 3.61. The molecule has 2 N–H and O–H groups in total. The number of rotatable bonds is 5. The number of carboxylic acid groups (broad SMARTS) is 1. The largest absolute Gasteiger partial charge is 0.490 e. The molecule has 0 saturated carbocycles. The lowest BCUT2D eigenvalue weighted by Gasteiger charge is -2.18. The first-order chi connectivity index (χ1) is 9.20. The molecule has 0 radical (unpaired) electrons. The van der Waals surface area contributed by atoms with E-state index in [2.05, 4.69) is 5.32 Å². The summed E-state index contributed by atoms with van der Waals surface area (Å²) in [6, 6.07) is 5.41. The lowest BCUT2D eigenvalue weighted by atomic mass is 10.0. The molecule has 5 heteroatoms. The third-order valence-corrected chi connectivity index (χ3v) is 3.00. The van der Waals surface area contributed by atoms with E-state index in [1.165, 1.54) is 0 Å². The molecule has 0 aromatic heterocycles. The molecule has 0 amide bonds. The van der Waals surface area contributed by atoms with Gasteiger partial charge in [0.15, 0.2) is 11.5 Å². The van der Waals surface area contributed by atoms with Gasteiger partial charge in [-0.15, -0.1) is 0 Å². The average molecular weight is 265 g/mol. The zero-order chi connectivity index (χ0) is 13.7. The molecular weight excluding hydrogens is 246 g/mol. The molecule has 1 unspecified atom stereocenters. The zero-order valence-corrected chi connectivity index (χ0v) is 11.0. The summed E-state index contributed by atoms with van der Waals surface area (Å²) in [4.78, 5) is 10.9. The summed E-state index contributed by atoms with van der Waals surface area (Å²) in [6.07, 6.45) is 0.906. The van der Waals surface area contributed by atoms with Gasteiger partial charge >= 0.3 is 5.97 Å². The zero-order valence-electron chi connectivity index (χ0n) is 11.0. The average Bonchev–Trinajstić information content (AvgIpc) is 2.62. The van der Waals surface area contributed by atoms with Crippen LogP contribution in [0.15, 0.2) is 18.2 Å². The van der Waals surface area contributed by atoms with Crippen molar-refractivity contribution in [1.82, 2.24) is 5.32 Å². The van der Waals surface area contributed by atoms with Crippen molar-refractivity contribution in [3.63, 3.8) is 0 Å². The van der Waals surface area contributed by atoms with E-state index >= 15 is 0 Å². The van der Waals surface area contributed by atoms with Crippen LogP contribution in [0.25, 0.3) is 0 Å². The molecule has 1 heterocycles. The molecule has 1 atom stereocenters. The maximum absolute atomic E-state index is 10.9. The van der Waals surface area contributed by atoms with Crippen molar-refractivity contribution in [2.45, 2.75) is 25.8 Å². The summed E-state index contributed by atoms with van der Waals surface area (Å²) in [5, 5.41) is 12.1. The first-order valence-corrected chi connectivity index (χ1v) is 6.55. The highest BCUT2D eigenvalue weighted by Crippen LogP contribution is 2.33. The van der Waals surface area contributed by atoms with Gasteiger partial charge in [0.1, 0.15) is 0 Å². The van der Waals surface area contributed by atoms with Crippen molar-refractivity contribution in [3.8, 4) is 11.5 Å². The van der Waals surface area contributed by atoms with E-state index in [1.807, 2.05) is 25.1 Å². The molecule has 1 aliphatic heterocycles. The fraction of sp³-hybridized carbons (Fsp3) is 0.500. The van der Waals surface area contributed by atoms with Crippen molar-refractivity contribution in [3.05, 3.63) is 23.8 Å². The van der Waals surface area contributed by atoms with Crippen LogP contribution in [0.2, 0.25) is 0 Å². The van der Waals surface area contributed by atoms with Crippen LogP contribution in [0, 0.1) is 0 Å². The summed E-state index contributed by atoms with van der Waals surface area (Å²) in [6.45, 7) is 3.95. The minimum absolute atomic E-state index is 0.0491. The van der Waals surface area contributed by atoms with E-state index in [1.54, 1.807) is 0 Å². The molecule has 1 aliphatic rings. The van der Waals surface area contributed by atoms with Crippen LogP contribution in [-0.4, -0.2) is 30.8 Å². The fourth-order valence-electron chi connectivity index (χ4n) is 2.13. The Bertz CT molecular complexity index is 447. The number of aliphatic carboxylic acids is 1. The van der Waals surface area contributed by atoms with Crippen LogP contribution in [0.1, 0.15) is 31.4 Å². The van der Waals surface area contributed by atoms with Gasteiger partial charge in [0.2, 0.25) is 0 Å². The first kappa shape index (κ1) is 13.7.